The van der Waals surface area contributed by atoms with Gasteiger partial charge in [0.2, 0.25) is 5.91 Å². The van der Waals surface area contributed by atoms with Gasteiger partial charge in [0.25, 0.3) is 0 Å². The van der Waals surface area contributed by atoms with Gasteiger partial charge in [0.15, 0.2) is 0 Å². The maximum atomic E-state index is 12.4. The fraction of sp³-hybridized carbons (Fsp3) is 0.381. The molecule has 27 heavy (non-hydrogen) atoms. The maximum absolute atomic E-state index is 12.4. The highest BCUT2D eigenvalue weighted by molar-refractivity contribution is 5.95. The van der Waals surface area contributed by atoms with Crippen molar-refractivity contribution >= 4 is 17.3 Å². The van der Waals surface area contributed by atoms with E-state index < -0.39 is 12.1 Å². The largest absolute Gasteiger partial charge is 0.389 e. The molecule has 2 atom stereocenters. The number of carbonyl (C=O) groups excluding carboxylic acids is 1. The summed E-state index contributed by atoms with van der Waals surface area (Å²) >= 11 is 0. The molecule has 0 bridgehead atoms. The van der Waals surface area contributed by atoms with Crippen LogP contribution in [0.4, 0.5) is 11.4 Å². The summed E-state index contributed by atoms with van der Waals surface area (Å²) in [6.45, 7) is 4.96. The van der Waals surface area contributed by atoms with Gasteiger partial charge < -0.3 is 25.8 Å². The summed E-state index contributed by atoms with van der Waals surface area (Å²) in [5, 5.41) is 12.4. The molecule has 6 heteroatoms. The van der Waals surface area contributed by atoms with E-state index in [1.54, 1.807) is 6.92 Å². The first-order valence-electron chi connectivity index (χ1n) is 9.29. The first-order valence-corrected chi connectivity index (χ1v) is 9.29. The number of hydrogen-bond donors (Lipinski definition) is 3. The van der Waals surface area contributed by atoms with Crippen molar-refractivity contribution in [1.82, 2.24) is 0 Å². The van der Waals surface area contributed by atoms with Gasteiger partial charge in [-0.25, -0.2) is 0 Å². The zero-order valence-electron chi connectivity index (χ0n) is 15.6. The molecule has 0 spiro atoms. The summed E-state index contributed by atoms with van der Waals surface area (Å²) in [7, 11) is 0. The van der Waals surface area contributed by atoms with Crippen LogP contribution in [0.1, 0.15) is 24.2 Å². The van der Waals surface area contributed by atoms with Gasteiger partial charge in [-0.3, -0.25) is 4.79 Å². The Morgan fingerprint density at radius 3 is 2.37 bits per heavy atom. The number of aliphatic hydroxyl groups is 1. The lowest BCUT2D eigenvalue weighted by molar-refractivity contribution is -0.117. The van der Waals surface area contributed by atoms with Crippen molar-refractivity contribution in [1.29, 1.82) is 0 Å². The minimum atomic E-state index is -0.638. The molecule has 2 aromatic rings. The molecule has 0 aromatic heterocycles. The van der Waals surface area contributed by atoms with Crippen molar-refractivity contribution < 1.29 is 14.6 Å². The number of morpholine rings is 1. The molecule has 0 radical (unpaired) electrons. The molecular weight excluding hydrogens is 342 g/mol. The van der Waals surface area contributed by atoms with Crippen LogP contribution >= 0.6 is 0 Å². The van der Waals surface area contributed by atoms with Gasteiger partial charge in [-0.15, -0.1) is 0 Å². The van der Waals surface area contributed by atoms with Gasteiger partial charge in [0.1, 0.15) is 0 Å². The van der Waals surface area contributed by atoms with Crippen LogP contribution in [0.15, 0.2) is 48.5 Å². The molecule has 1 heterocycles. The van der Waals surface area contributed by atoms with E-state index in [1.165, 1.54) is 0 Å². The molecule has 1 aliphatic rings. The molecule has 1 fully saturated rings. The zero-order chi connectivity index (χ0) is 19.2. The van der Waals surface area contributed by atoms with Gasteiger partial charge in [-0.2, -0.15) is 0 Å². The molecule has 1 saturated heterocycles. The first-order chi connectivity index (χ1) is 13.0. The van der Waals surface area contributed by atoms with Crippen molar-refractivity contribution in [3.05, 3.63) is 59.7 Å². The van der Waals surface area contributed by atoms with Crippen LogP contribution in [0.2, 0.25) is 0 Å². The molecular formula is C21H27N3O3. The lowest BCUT2D eigenvalue weighted by Crippen LogP contribution is -2.37. The lowest BCUT2D eigenvalue weighted by Gasteiger charge is -2.29. The van der Waals surface area contributed by atoms with E-state index in [-0.39, 0.29) is 5.91 Å². The highest BCUT2D eigenvalue weighted by atomic mass is 16.5. The Bertz CT molecular complexity index is 738. The molecule has 0 aliphatic carbocycles. The van der Waals surface area contributed by atoms with Crippen LogP contribution < -0.4 is 16.0 Å². The van der Waals surface area contributed by atoms with Crippen LogP contribution in [-0.2, 0) is 16.0 Å². The predicted octanol–water partition coefficient (Wildman–Crippen LogP) is 2.08. The molecule has 1 aliphatic heterocycles. The SMILES string of the molecule is CC(O)c1ccc(C[C@H](N)C(=O)Nc2ccc(N3CCOCC3)cc2)cc1. The number of hydrogen-bond acceptors (Lipinski definition) is 5. The predicted molar refractivity (Wildman–Crippen MR) is 107 cm³/mol. The van der Waals surface area contributed by atoms with Gasteiger partial charge >= 0.3 is 0 Å². The second kappa shape index (κ2) is 8.99. The standard InChI is InChI=1S/C21H27N3O3/c1-15(25)17-4-2-16(3-5-17)14-20(22)21(26)23-18-6-8-19(9-7-18)24-10-12-27-13-11-24/h2-9,15,20,25H,10-14,22H2,1H3,(H,23,26)/t15?,20-/m0/s1. The molecule has 2 aromatic carbocycles. The molecule has 3 rings (SSSR count). The summed E-state index contributed by atoms with van der Waals surface area (Å²) in [6.07, 6.45) is -0.0610. The van der Waals surface area contributed by atoms with Gasteiger partial charge in [-0.1, -0.05) is 24.3 Å². The molecule has 144 valence electrons. The number of carbonyl (C=O) groups is 1. The van der Waals surface area contributed by atoms with Crippen molar-refractivity contribution in [2.75, 3.05) is 36.5 Å². The van der Waals surface area contributed by atoms with Crippen LogP contribution in [0, 0.1) is 0 Å². The number of rotatable bonds is 6. The topological polar surface area (TPSA) is 87.8 Å². The summed E-state index contributed by atoms with van der Waals surface area (Å²) < 4.78 is 5.37. The molecule has 6 nitrogen and oxygen atoms in total. The Kier molecular flexibility index (Phi) is 6.45. The Morgan fingerprint density at radius 1 is 1.15 bits per heavy atom. The number of nitrogens with zero attached hydrogens (tertiary/aromatic N) is 1. The number of anilines is 2. The number of ether oxygens (including phenoxy) is 1. The highest BCUT2D eigenvalue weighted by Crippen LogP contribution is 2.19. The number of amides is 1. The molecule has 1 unspecified atom stereocenters. The second-order valence-corrected chi connectivity index (χ2v) is 6.86. The normalized spacial score (nSPS) is 16.6. The average Bonchev–Trinajstić information content (AvgIpc) is 2.69. The van der Waals surface area contributed by atoms with Crippen LogP contribution in [0.3, 0.4) is 0 Å². The van der Waals surface area contributed by atoms with Crippen molar-refractivity contribution in [2.24, 2.45) is 5.73 Å². The Hall–Kier alpha value is -2.41. The number of nitrogens with one attached hydrogen (secondary N) is 1. The highest BCUT2D eigenvalue weighted by Gasteiger charge is 2.15. The van der Waals surface area contributed by atoms with Crippen LogP contribution in [-0.4, -0.2) is 43.4 Å². The zero-order valence-corrected chi connectivity index (χ0v) is 15.6. The fourth-order valence-electron chi connectivity index (χ4n) is 3.09. The Morgan fingerprint density at radius 2 is 1.78 bits per heavy atom. The van der Waals surface area contributed by atoms with Crippen molar-refractivity contribution in [3.63, 3.8) is 0 Å². The molecule has 0 saturated carbocycles. The van der Waals surface area contributed by atoms with Crippen molar-refractivity contribution in [3.8, 4) is 0 Å². The number of aliphatic hydroxyl groups excluding tert-OH is 1. The third kappa shape index (κ3) is 5.29. The summed E-state index contributed by atoms with van der Waals surface area (Å²) in [5.74, 6) is -0.214. The summed E-state index contributed by atoms with van der Waals surface area (Å²) in [5.41, 5.74) is 9.72. The Balaban J connectivity index is 1.54. The third-order valence-electron chi connectivity index (χ3n) is 4.77. The fourth-order valence-corrected chi connectivity index (χ4v) is 3.09. The molecule has 4 N–H and O–H groups in total. The van der Waals surface area contributed by atoms with Gasteiger partial charge in [0.05, 0.1) is 25.4 Å². The van der Waals surface area contributed by atoms with E-state index in [2.05, 4.69) is 10.2 Å². The third-order valence-corrected chi connectivity index (χ3v) is 4.77. The van der Waals surface area contributed by atoms with E-state index in [9.17, 15) is 9.90 Å². The monoisotopic (exact) mass is 369 g/mol. The summed E-state index contributed by atoms with van der Waals surface area (Å²) in [6, 6.07) is 14.7. The van der Waals surface area contributed by atoms with E-state index in [1.807, 2.05) is 48.5 Å². The minimum Gasteiger partial charge on any atom is -0.389 e. The van der Waals surface area contributed by atoms with E-state index in [4.69, 9.17) is 10.5 Å². The van der Waals surface area contributed by atoms with Crippen LogP contribution in [0.5, 0.6) is 0 Å². The van der Waals surface area contributed by atoms with Crippen molar-refractivity contribution in [2.45, 2.75) is 25.5 Å². The van der Waals surface area contributed by atoms with Crippen LogP contribution in [0.25, 0.3) is 0 Å². The smallest absolute Gasteiger partial charge is 0.241 e. The van der Waals surface area contributed by atoms with E-state index >= 15 is 0 Å². The first kappa shape index (κ1) is 19.4. The minimum absolute atomic E-state index is 0.214. The lowest BCUT2D eigenvalue weighted by atomic mass is 10.0. The van der Waals surface area contributed by atoms with Gasteiger partial charge in [-0.05, 0) is 48.7 Å². The van der Waals surface area contributed by atoms with E-state index in [0.29, 0.717) is 6.42 Å². The number of benzene rings is 2. The number of nitrogens with two attached hydrogens (primary N) is 1. The Labute approximate surface area is 159 Å². The maximum Gasteiger partial charge on any atom is 0.241 e. The quantitative estimate of drug-likeness (QED) is 0.726. The summed E-state index contributed by atoms with van der Waals surface area (Å²) in [4.78, 5) is 14.6. The molecule has 1 amide bonds. The average molecular weight is 369 g/mol. The van der Waals surface area contributed by atoms with E-state index in [0.717, 1.165) is 48.8 Å². The van der Waals surface area contributed by atoms with Gasteiger partial charge in [0, 0.05) is 24.5 Å². The second-order valence-electron chi connectivity index (χ2n) is 6.86.